The normalized spacial score (nSPS) is 11.3. The number of nitrogens with zero attached hydrogens (tertiary/aromatic N) is 3. The lowest BCUT2D eigenvalue weighted by molar-refractivity contribution is 0.0827. The lowest BCUT2D eigenvalue weighted by atomic mass is 10.1. The Morgan fingerprint density at radius 2 is 1.93 bits per heavy atom. The number of aromatic nitrogens is 1. The molecule has 0 fully saturated rings. The summed E-state index contributed by atoms with van der Waals surface area (Å²) in [7, 11) is 5.28. The Morgan fingerprint density at radius 3 is 2.52 bits per heavy atom. The van der Waals surface area contributed by atoms with Gasteiger partial charge in [-0.2, -0.15) is 0 Å². The summed E-state index contributed by atoms with van der Waals surface area (Å²) in [4.78, 5) is 22.2. The number of hydrogen-bond acceptors (Lipinski definition) is 4. The van der Waals surface area contributed by atoms with Gasteiger partial charge in [-0.15, -0.1) is 11.3 Å². The molecule has 146 valence electrons. The number of hydrogen-bond donors (Lipinski definition) is 2. The number of aliphatic imine (C=N–C) groups is 1. The number of carbonyl (C=O) groups excluding carboxylic acids is 1. The number of nitrogens with one attached hydrogen (secondary N) is 2. The Kier molecular flexibility index (Phi) is 8.26. The first kappa shape index (κ1) is 20.9. The van der Waals surface area contributed by atoms with Crippen LogP contribution in [0.3, 0.4) is 0 Å². The van der Waals surface area contributed by atoms with E-state index in [1.165, 1.54) is 5.01 Å². The predicted molar refractivity (Wildman–Crippen MR) is 112 cm³/mol. The molecule has 2 N–H and O–H groups in total. The van der Waals surface area contributed by atoms with Crippen LogP contribution in [0.4, 0.5) is 0 Å². The molecule has 2 aromatic rings. The summed E-state index contributed by atoms with van der Waals surface area (Å²) in [5.74, 6) is 0.799. The SMILES string of the molecule is CN=C(NCCCCc1nc(C)cs1)NCc1ccc(C(=O)N(C)C)cc1. The monoisotopic (exact) mass is 387 g/mol. The van der Waals surface area contributed by atoms with Crippen molar-refractivity contribution in [3.63, 3.8) is 0 Å². The number of carbonyl (C=O) groups is 1. The van der Waals surface area contributed by atoms with Crippen molar-refractivity contribution in [1.29, 1.82) is 0 Å². The first-order valence-corrected chi connectivity index (χ1v) is 10.0. The van der Waals surface area contributed by atoms with E-state index in [0.29, 0.717) is 12.1 Å². The van der Waals surface area contributed by atoms with Crippen molar-refractivity contribution >= 4 is 23.2 Å². The lowest BCUT2D eigenvalue weighted by Crippen LogP contribution is -2.37. The van der Waals surface area contributed by atoms with E-state index in [9.17, 15) is 4.79 Å². The summed E-state index contributed by atoms with van der Waals surface area (Å²) in [6.07, 6.45) is 3.21. The summed E-state index contributed by atoms with van der Waals surface area (Å²) in [6.45, 7) is 3.57. The third-order valence-electron chi connectivity index (χ3n) is 4.07. The van der Waals surface area contributed by atoms with Crippen LogP contribution in [0.1, 0.15) is 39.5 Å². The minimum atomic E-state index is 0.0138. The molecular weight excluding hydrogens is 358 g/mol. The molecule has 0 aliphatic rings. The van der Waals surface area contributed by atoms with Crippen LogP contribution in [0.25, 0.3) is 0 Å². The maximum absolute atomic E-state index is 11.9. The first-order chi connectivity index (χ1) is 13.0. The highest BCUT2D eigenvalue weighted by molar-refractivity contribution is 7.09. The molecule has 0 aliphatic heterocycles. The molecule has 1 amide bonds. The van der Waals surface area contributed by atoms with Crippen LogP contribution in [0.15, 0.2) is 34.6 Å². The van der Waals surface area contributed by atoms with Gasteiger partial charge < -0.3 is 15.5 Å². The average molecular weight is 388 g/mol. The van der Waals surface area contributed by atoms with E-state index in [4.69, 9.17) is 0 Å². The number of unbranched alkanes of at least 4 members (excludes halogenated alkanes) is 1. The third-order valence-corrected chi connectivity index (χ3v) is 5.09. The maximum Gasteiger partial charge on any atom is 0.253 e. The van der Waals surface area contributed by atoms with E-state index in [1.54, 1.807) is 37.4 Å². The molecule has 0 aliphatic carbocycles. The highest BCUT2D eigenvalue weighted by atomic mass is 32.1. The highest BCUT2D eigenvalue weighted by Gasteiger charge is 2.07. The second kappa shape index (κ2) is 10.7. The second-order valence-corrected chi connectivity index (χ2v) is 7.53. The zero-order valence-electron chi connectivity index (χ0n) is 16.6. The van der Waals surface area contributed by atoms with Crippen LogP contribution in [0.2, 0.25) is 0 Å². The van der Waals surface area contributed by atoms with Gasteiger partial charge in [-0.05, 0) is 43.9 Å². The number of amides is 1. The van der Waals surface area contributed by atoms with Crippen LogP contribution < -0.4 is 10.6 Å². The van der Waals surface area contributed by atoms with Gasteiger partial charge in [0.05, 0.1) is 5.01 Å². The van der Waals surface area contributed by atoms with E-state index < -0.39 is 0 Å². The molecule has 6 nitrogen and oxygen atoms in total. The van der Waals surface area contributed by atoms with Crippen molar-refractivity contribution in [2.45, 2.75) is 32.7 Å². The molecular formula is C20H29N5OS. The standard InChI is InChI=1S/C20H29N5OS/c1-15-14-27-18(24-15)7-5-6-12-22-20(21-2)23-13-16-8-10-17(11-9-16)19(26)25(3)4/h8-11,14H,5-7,12-13H2,1-4H3,(H2,21,22,23). The van der Waals surface area contributed by atoms with E-state index >= 15 is 0 Å². The van der Waals surface area contributed by atoms with Crippen LogP contribution in [0.5, 0.6) is 0 Å². The van der Waals surface area contributed by atoms with Crippen molar-refractivity contribution in [1.82, 2.24) is 20.5 Å². The molecule has 0 saturated heterocycles. The quantitative estimate of drug-likeness (QED) is 0.415. The minimum Gasteiger partial charge on any atom is -0.356 e. The number of rotatable bonds is 8. The van der Waals surface area contributed by atoms with Gasteiger partial charge in [0, 0.05) is 50.9 Å². The van der Waals surface area contributed by atoms with Gasteiger partial charge in [-0.3, -0.25) is 9.79 Å². The molecule has 1 aromatic heterocycles. The van der Waals surface area contributed by atoms with Crippen LogP contribution in [-0.2, 0) is 13.0 Å². The van der Waals surface area contributed by atoms with Gasteiger partial charge in [-0.1, -0.05) is 12.1 Å². The molecule has 1 heterocycles. The van der Waals surface area contributed by atoms with Crippen molar-refractivity contribution < 1.29 is 4.79 Å². The Labute approximate surface area is 165 Å². The fraction of sp³-hybridized carbons (Fsp3) is 0.450. The van der Waals surface area contributed by atoms with E-state index in [-0.39, 0.29) is 5.91 Å². The molecule has 7 heteroatoms. The maximum atomic E-state index is 11.9. The van der Waals surface area contributed by atoms with Crippen LogP contribution in [-0.4, -0.2) is 49.4 Å². The van der Waals surface area contributed by atoms with Gasteiger partial charge in [-0.25, -0.2) is 4.98 Å². The average Bonchev–Trinajstić information content (AvgIpc) is 3.08. The Bertz CT molecular complexity index is 752. The summed E-state index contributed by atoms with van der Waals surface area (Å²) in [6, 6.07) is 7.64. The van der Waals surface area contributed by atoms with E-state index in [2.05, 4.69) is 26.0 Å². The van der Waals surface area contributed by atoms with Gasteiger partial charge >= 0.3 is 0 Å². The smallest absolute Gasteiger partial charge is 0.253 e. The van der Waals surface area contributed by atoms with Gasteiger partial charge in [0.15, 0.2) is 5.96 Å². The van der Waals surface area contributed by atoms with Crippen molar-refractivity contribution in [3.05, 3.63) is 51.5 Å². The van der Waals surface area contributed by atoms with Gasteiger partial charge in [0.2, 0.25) is 0 Å². The van der Waals surface area contributed by atoms with Crippen LogP contribution in [0, 0.1) is 6.92 Å². The van der Waals surface area contributed by atoms with Crippen molar-refractivity contribution in [2.75, 3.05) is 27.7 Å². The Morgan fingerprint density at radius 1 is 1.19 bits per heavy atom. The summed E-state index contributed by atoms with van der Waals surface area (Å²) >= 11 is 1.74. The number of aryl methyl sites for hydroxylation is 2. The molecule has 1 aromatic carbocycles. The summed E-state index contributed by atoms with van der Waals surface area (Å²) in [5.41, 5.74) is 2.91. The van der Waals surface area contributed by atoms with E-state index in [0.717, 1.165) is 43.0 Å². The second-order valence-electron chi connectivity index (χ2n) is 6.59. The molecule has 0 bridgehead atoms. The topological polar surface area (TPSA) is 69.6 Å². The summed E-state index contributed by atoms with van der Waals surface area (Å²) < 4.78 is 0. The van der Waals surface area contributed by atoms with Crippen LogP contribution >= 0.6 is 11.3 Å². The Hall–Kier alpha value is -2.41. The molecule has 0 radical (unpaired) electrons. The Balaban J connectivity index is 1.68. The van der Waals surface area contributed by atoms with E-state index in [1.807, 2.05) is 31.2 Å². The number of thiazole rings is 1. The summed E-state index contributed by atoms with van der Waals surface area (Å²) in [5, 5.41) is 9.95. The highest BCUT2D eigenvalue weighted by Crippen LogP contribution is 2.11. The number of benzene rings is 1. The van der Waals surface area contributed by atoms with Gasteiger partial charge in [0.25, 0.3) is 5.91 Å². The molecule has 27 heavy (non-hydrogen) atoms. The minimum absolute atomic E-state index is 0.0138. The van der Waals surface area contributed by atoms with Gasteiger partial charge in [0.1, 0.15) is 0 Å². The molecule has 0 atom stereocenters. The molecule has 0 saturated carbocycles. The fourth-order valence-electron chi connectivity index (χ4n) is 2.56. The predicted octanol–water partition coefficient (Wildman–Crippen LogP) is 2.84. The third kappa shape index (κ3) is 7.02. The molecule has 0 unspecified atom stereocenters. The lowest BCUT2D eigenvalue weighted by Gasteiger charge is -2.13. The molecule has 2 rings (SSSR count). The van der Waals surface area contributed by atoms with Crippen molar-refractivity contribution in [3.8, 4) is 0 Å². The van der Waals surface area contributed by atoms with Crippen molar-refractivity contribution in [2.24, 2.45) is 4.99 Å². The molecule has 0 spiro atoms. The first-order valence-electron chi connectivity index (χ1n) is 9.15. The largest absolute Gasteiger partial charge is 0.356 e. The zero-order valence-corrected chi connectivity index (χ0v) is 17.4. The number of guanidine groups is 1. The zero-order chi connectivity index (χ0) is 19.6. The fourth-order valence-corrected chi connectivity index (χ4v) is 3.37.